The van der Waals surface area contributed by atoms with Crippen molar-refractivity contribution in [2.75, 3.05) is 18.5 Å². The molecule has 2 aromatic carbocycles. The minimum atomic E-state index is -3.92. The number of sulfonamides is 1. The number of rotatable bonds is 6. The van der Waals surface area contributed by atoms with Gasteiger partial charge in [-0.05, 0) is 50.1 Å². The van der Waals surface area contributed by atoms with Crippen LogP contribution < -0.4 is 10.1 Å². The number of aromatic nitrogens is 3. The highest BCUT2D eigenvalue weighted by Crippen LogP contribution is 2.32. The molecule has 32 heavy (non-hydrogen) atoms. The Hall–Kier alpha value is -2.67. The largest absolute Gasteiger partial charge is 0.494 e. The number of nitrogens with one attached hydrogen (secondary N) is 1. The third-order valence-electron chi connectivity index (χ3n) is 5.24. The Morgan fingerprint density at radius 2 is 2.12 bits per heavy atom. The standard InChI is InChI=1S/C20H19N5O4S3/c1-2-29-12-8-9-13-16(11-12)30-20(21-13)22-19(26)15-6-4-10-25(15)32(27,28)17-7-3-5-14-18(17)24-31-23-14/h3,5,7-9,11,15H,2,4,6,10H2,1H3,(H,21,22,26). The Bertz CT molecular complexity index is 1420. The first kappa shape index (κ1) is 21.2. The first-order valence-electron chi connectivity index (χ1n) is 10.0. The number of anilines is 1. The van der Waals surface area contributed by atoms with Crippen LogP contribution in [-0.4, -0.2) is 51.6 Å². The maximum absolute atomic E-state index is 13.4. The lowest BCUT2D eigenvalue weighted by Crippen LogP contribution is -2.43. The average Bonchev–Trinajstić information content (AvgIpc) is 3.51. The predicted molar refractivity (Wildman–Crippen MR) is 124 cm³/mol. The smallest absolute Gasteiger partial charge is 0.246 e. The molecule has 1 saturated heterocycles. The Morgan fingerprint density at radius 3 is 2.97 bits per heavy atom. The fourth-order valence-corrected chi connectivity index (χ4v) is 7.12. The van der Waals surface area contributed by atoms with Gasteiger partial charge in [-0.1, -0.05) is 17.4 Å². The minimum absolute atomic E-state index is 0.0758. The molecule has 1 fully saturated rings. The summed E-state index contributed by atoms with van der Waals surface area (Å²) in [6.45, 7) is 2.74. The van der Waals surface area contributed by atoms with Crippen molar-refractivity contribution in [1.82, 2.24) is 18.0 Å². The topological polar surface area (TPSA) is 114 Å². The molecular weight excluding hydrogens is 470 g/mol. The number of fused-ring (bicyclic) bond motifs is 2. The number of ether oxygens (including phenoxy) is 1. The number of amides is 1. The molecule has 9 nitrogen and oxygen atoms in total. The van der Waals surface area contributed by atoms with Crippen molar-refractivity contribution in [3.8, 4) is 5.75 Å². The molecule has 1 aliphatic heterocycles. The summed E-state index contributed by atoms with van der Waals surface area (Å²) in [6.07, 6.45) is 1.04. The number of hydrogen-bond acceptors (Lipinski definition) is 9. The van der Waals surface area contributed by atoms with Gasteiger partial charge in [0.2, 0.25) is 15.9 Å². The zero-order valence-corrected chi connectivity index (χ0v) is 19.5. The Balaban J connectivity index is 1.40. The molecule has 0 spiro atoms. The van der Waals surface area contributed by atoms with Gasteiger partial charge in [-0.15, -0.1) is 0 Å². The number of nitrogens with zero attached hydrogens (tertiary/aromatic N) is 4. The van der Waals surface area contributed by atoms with E-state index in [-0.39, 0.29) is 11.4 Å². The van der Waals surface area contributed by atoms with Gasteiger partial charge in [0.05, 0.1) is 28.6 Å². The average molecular weight is 490 g/mol. The van der Waals surface area contributed by atoms with Crippen LogP contribution in [0.2, 0.25) is 0 Å². The van der Waals surface area contributed by atoms with Crippen LogP contribution in [0.5, 0.6) is 5.75 Å². The van der Waals surface area contributed by atoms with E-state index in [1.54, 1.807) is 12.1 Å². The number of carbonyl (C=O) groups is 1. The van der Waals surface area contributed by atoms with Crippen molar-refractivity contribution in [1.29, 1.82) is 0 Å². The highest BCUT2D eigenvalue weighted by atomic mass is 32.2. The van der Waals surface area contributed by atoms with Gasteiger partial charge in [0, 0.05) is 6.54 Å². The highest BCUT2D eigenvalue weighted by molar-refractivity contribution is 7.89. The summed E-state index contributed by atoms with van der Waals surface area (Å²) in [6, 6.07) is 9.59. The fraction of sp³-hybridized carbons (Fsp3) is 0.300. The monoisotopic (exact) mass is 489 g/mol. The van der Waals surface area contributed by atoms with Crippen LogP contribution in [0.3, 0.4) is 0 Å². The molecule has 12 heteroatoms. The highest BCUT2D eigenvalue weighted by Gasteiger charge is 2.40. The Labute approximate surface area is 192 Å². The maximum Gasteiger partial charge on any atom is 0.246 e. The molecule has 0 radical (unpaired) electrons. The zero-order chi connectivity index (χ0) is 22.3. The van der Waals surface area contributed by atoms with Crippen molar-refractivity contribution in [3.05, 3.63) is 36.4 Å². The number of thiazole rings is 1. The van der Waals surface area contributed by atoms with E-state index in [2.05, 4.69) is 19.0 Å². The maximum atomic E-state index is 13.4. The van der Waals surface area contributed by atoms with E-state index in [0.29, 0.717) is 35.6 Å². The summed E-state index contributed by atoms with van der Waals surface area (Å²) in [4.78, 5) is 17.6. The molecule has 0 bridgehead atoms. The normalized spacial score (nSPS) is 17.2. The van der Waals surface area contributed by atoms with E-state index < -0.39 is 22.0 Å². The molecule has 1 unspecified atom stereocenters. The summed E-state index contributed by atoms with van der Waals surface area (Å²) in [7, 11) is -3.92. The second-order valence-electron chi connectivity index (χ2n) is 7.23. The molecule has 2 aromatic heterocycles. The van der Waals surface area contributed by atoms with Gasteiger partial charge < -0.3 is 10.1 Å². The van der Waals surface area contributed by atoms with Crippen LogP contribution in [0.15, 0.2) is 41.3 Å². The van der Waals surface area contributed by atoms with Gasteiger partial charge in [-0.25, -0.2) is 13.4 Å². The molecule has 4 aromatic rings. The lowest BCUT2D eigenvalue weighted by Gasteiger charge is -2.23. The van der Waals surface area contributed by atoms with E-state index in [1.807, 2.05) is 25.1 Å². The van der Waals surface area contributed by atoms with Crippen molar-refractivity contribution < 1.29 is 17.9 Å². The SMILES string of the molecule is CCOc1ccc2nc(NC(=O)C3CCCN3S(=O)(=O)c3cccc4nsnc34)sc2c1. The van der Waals surface area contributed by atoms with Gasteiger partial charge in [0.25, 0.3) is 0 Å². The molecular formula is C20H19N5O4S3. The van der Waals surface area contributed by atoms with Crippen molar-refractivity contribution in [2.24, 2.45) is 0 Å². The van der Waals surface area contributed by atoms with Gasteiger partial charge in [-0.2, -0.15) is 13.1 Å². The number of carbonyl (C=O) groups excluding carboxylic acids is 1. The molecule has 5 rings (SSSR count). The zero-order valence-electron chi connectivity index (χ0n) is 17.0. The van der Waals surface area contributed by atoms with Crippen LogP contribution in [0.25, 0.3) is 21.3 Å². The molecule has 1 amide bonds. The molecule has 3 heterocycles. The molecule has 1 atom stereocenters. The first-order chi connectivity index (χ1) is 15.5. The third kappa shape index (κ3) is 3.72. The van der Waals surface area contributed by atoms with Gasteiger partial charge >= 0.3 is 0 Å². The summed E-state index contributed by atoms with van der Waals surface area (Å²) >= 11 is 2.29. The van der Waals surface area contributed by atoms with Crippen molar-refractivity contribution in [3.63, 3.8) is 0 Å². The van der Waals surface area contributed by atoms with Crippen LogP contribution >= 0.6 is 23.1 Å². The Morgan fingerprint density at radius 1 is 1.25 bits per heavy atom. The predicted octanol–water partition coefficient (Wildman–Crippen LogP) is 3.49. The van der Waals surface area contributed by atoms with Crippen LogP contribution in [0, 0.1) is 0 Å². The van der Waals surface area contributed by atoms with E-state index in [9.17, 15) is 13.2 Å². The molecule has 0 aliphatic carbocycles. The summed E-state index contributed by atoms with van der Waals surface area (Å²) in [5, 5.41) is 3.23. The quantitative estimate of drug-likeness (QED) is 0.441. The van der Waals surface area contributed by atoms with Gasteiger partial charge in [-0.3, -0.25) is 4.79 Å². The minimum Gasteiger partial charge on any atom is -0.494 e. The molecule has 0 saturated carbocycles. The van der Waals surface area contributed by atoms with E-state index in [4.69, 9.17) is 4.74 Å². The van der Waals surface area contributed by atoms with Crippen molar-refractivity contribution in [2.45, 2.75) is 30.7 Å². The van der Waals surface area contributed by atoms with Crippen LogP contribution in [0.4, 0.5) is 5.13 Å². The van der Waals surface area contributed by atoms with E-state index in [1.165, 1.54) is 21.7 Å². The molecule has 166 valence electrons. The molecule has 1 N–H and O–H groups in total. The number of hydrogen-bond donors (Lipinski definition) is 1. The van der Waals surface area contributed by atoms with Gasteiger partial charge in [0.1, 0.15) is 27.7 Å². The van der Waals surface area contributed by atoms with E-state index >= 15 is 0 Å². The van der Waals surface area contributed by atoms with Crippen molar-refractivity contribution >= 4 is 65.4 Å². The lowest BCUT2D eigenvalue weighted by molar-refractivity contribution is -0.119. The second-order valence-corrected chi connectivity index (χ2v) is 10.7. The fourth-order valence-electron chi connectivity index (χ4n) is 3.81. The number of benzene rings is 2. The summed E-state index contributed by atoms with van der Waals surface area (Å²) < 4.78 is 42.7. The summed E-state index contributed by atoms with van der Waals surface area (Å²) in [5.74, 6) is 0.346. The summed E-state index contributed by atoms with van der Waals surface area (Å²) in [5.41, 5.74) is 1.60. The van der Waals surface area contributed by atoms with Crippen LogP contribution in [0.1, 0.15) is 19.8 Å². The van der Waals surface area contributed by atoms with E-state index in [0.717, 1.165) is 27.7 Å². The van der Waals surface area contributed by atoms with Gasteiger partial charge in [0.15, 0.2) is 5.13 Å². The first-order valence-corrected chi connectivity index (χ1v) is 13.0. The lowest BCUT2D eigenvalue weighted by atomic mass is 10.2. The third-order valence-corrected chi connectivity index (χ3v) is 8.66. The molecule has 1 aliphatic rings. The van der Waals surface area contributed by atoms with Crippen LogP contribution in [-0.2, 0) is 14.8 Å². The Kier molecular flexibility index (Phi) is 5.53. The second kappa shape index (κ2) is 8.35.